The summed E-state index contributed by atoms with van der Waals surface area (Å²) in [6.07, 6.45) is 1.52. The number of esters is 1. The molecule has 1 amide bonds. The molecule has 174 valence electrons. The minimum atomic E-state index is -0.577. The van der Waals surface area contributed by atoms with E-state index in [4.69, 9.17) is 14.2 Å². The van der Waals surface area contributed by atoms with Crippen molar-refractivity contribution in [3.8, 4) is 17.6 Å². The SMILES string of the molecule is CCOC(=O)c1ccc(NC(=O)/C(C#N)=C/c2c(OCC)ccc3ccc(OCC)cc23)cc1. The van der Waals surface area contributed by atoms with Crippen LogP contribution in [-0.4, -0.2) is 31.7 Å². The van der Waals surface area contributed by atoms with Crippen molar-refractivity contribution in [1.29, 1.82) is 5.26 Å². The summed E-state index contributed by atoms with van der Waals surface area (Å²) < 4.78 is 16.4. The van der Waals surface area contributed by atoms with Gasteiger partial charge in [-0.3, -0.25) is 4.79 Å². The van der Waals surface area contributed by atoms with Gasteiger partial charge in [0, 0.05) is 11.3 Å². The molecular formula is C27H26N2O5. The van der Waals surface area contributed by atoms with Crippen molar-refractivity contribution in [2.24, 2.45) is 0 Å². The Balaban J connectivity index is 1.96. The number of benzene rings is 3. The van der Waals surface area contributed by atoms with E-state index >= 15 is 0 Å². The molecule has 0 radical (unpaired) electrons. The van der Waals surface area contributed by atoms with Crippen LogP contribution < -0.4 is 14.8 Å². The highest BCUT2D eigenvalue weighted by molar-refractivity contribution is 6.11. The van der Waals surface area contributed by atoms with E-state index in [1.54, 1.807) is 31.2 Å². The molecule has 7 nitrogen and oxygen atoms in total. The van der Waals surface area contributed by atoms with Crippen LogP contribution in [0.2, 0.25) is 0 Å². The third kappa shape index (κ3) is 5.73. The van der Waals surface area contributed by atoms with Crippen LogP contribution in [0, 0.1) is 11.3 Å². The molecule has 0 aliphatic rings. The molecule has 0 unspecified atom stereocenters. The van der Waals surface area contributed by atoms with Crippen LogP contribution in [0.4, 0.5) is 5.69 Å². The van der Waals surface area contributed by atoms with Crippen LogP contribution in [0.1, 0.15) is 36.7 Å². The Bertz CT molecular complexity index is 1250. The van der Waals surface area contributed by atoms with Crippen molar-refractivity contribution in [1.82, 2.24) is 0 Å². The first-order chi connectivity index (χ1) is 16.5. The van der Waals surface area contributed by atoms with Crippen LogP contribution in [0.25, 0.3) is 16.8 Å². The van der Waals surface area contributed by atoms with E-state index in [1.807, 2.05) is 50.2 Å². The van der Waals surface area contributed by atoms with Gasteiger partial charge in [0.2, 0.25) is 0 Å². The molecule has 3 aromatic rings. The van der Waals surface area contributed by atoms with Crippen LogP contribution in [0.5, 0.6) is 11.5 Å². The zero-order valence-corrected chi connectivity index (χ0v) is 19.4. The van der Waals surface area contributed by atoms with E-state index in [2.05, 4.69) is 5.32 Å². The first-order valence-electron chi connectivity index (χ1n) is 11.0. The van der Waals surface area contributed by atoms with Crippen molar-refractivity contribution in [3.05, 3.63) is 71.3 Å². The summed E-state index contributed by atoms with van der Waals surface area (Å²) in [6.45, 7) is 6.72. The Kier molecular flexibility index (Phi) is 8.25. The molecule has 0 atom stereocenters. The van der Waals surface area contributed by atoms with Gasteiger partial charge in [-0.1, -0.05) is 12.1 Å². The number of nitrogens with one attached hydrogen (secondary N) is 1. The molecule has 0 heterocycles. The van der Waals surface area contributed by atoms with Gasteiger partial charge >= 0.3 is 5.97 Å². The van der Waals surface area contributed by atoms with E-state index in [0.717, 1.165) is 10.8 Å². The zero-order valence-electron chi connectivity index (χ0n) is 19.4. The molecule has 0 saturated carbocycles. The van der Waals surface area contributed by atoms with E-state index in [1.165, 1.54) is 6.08 Å². The lowest BCUT2D eigenvalue weighted by molar-refractivity contribution is -0.112. The first-order valence-corrected chi connectivity index (χ1v) is 11.0. The third-order valence-electron chi connectivity index (χ3n) is 4.91. The van der Waals surface area contributed by atoms with E-state index in [9.17, 15) is 14.9 Å². The van der Waals surface area contributed by atoms with Gasteiger partial charge in [0.15, 0.2) is 0 Å². The highest BCUT2D eigenvalue weighted by Gasteiger charge is 2.15. The van der Waals surface area contributed by atoms with Gasteiger partial charge in [-0.15, -0.1) is 0 Å². The Labute approximate surface area is 198 Å². The minimum Gasteiger partial charge on any atom is -0.494 e. The number of amides is 1. The van der Waals surface area contributed by atoms with Gasteiger partial charge in [-0.05, 0) is 80.1 Å². The molecule has 3 rings (SSSR count). The lowest BCUT2D eigenvalue weighted by Crippen LogP contribution is -2.14. The Morgan fingerprint density at radius 2 is 1.65 bits per heavy atom. The van der Waals surface area contributed by atoms with E-state index in [-0.39, 0.29) is 12.2 Å². The quantitative estimate of drug-likeness (QED) is 0.263. The van der Waals surface area contributed by atoms with Crippen molar-refractivity contribution in [2.75, 3.05) is 25.1 Å². The van der Waals surface area contributed by atoms with E-state index in [0.29, 0.717) is 41.5 Å². The van der Waals surface area contributed by atoms with Crippen LogP contribution in [0.15, 0.2) is 60.2 Å². The second-order valence-electron chi connectivity index (χ2n) is 7.15. The number of hydrogen-bond donors (Lipinski definition) is 1. The number of carbonyl (C=O) groups excluding carboxylic acids is 2. The van der Waals surface area contributed by atoms with Gasteiger partial charge in [0.25, 0.3) is 5.91 Å². The molecule has 7 heteroatoms. The molecule has 0 aliphatic carbocycles. The Morgan fingerprint density at radius 1 is 0.941 bits per heavy atom. The Hall–Kier alpha value is -4.31. The molecule has 0 aromatic heterocycles. The summed E-state index contributed by atoms with van der Waals surface area (Å²) in [6, 6.07) is 17.6. The highest BCUT2D eigenvalue weighted by Crippen LogP contribution is 2.33. The number of nitriles is 1. The lowest BCUT2D eigenvalue weighted by atomic mass is 10.0. The molecular weight excluding hydrogens is 432 g/mol. The molecule has 0 aliphatic heterocycles. The van der Waals surface area contributed by atoms with Crippen LogP contribution >= 0.6 is 0 Å². The number of anilines is 1. The average molecular weight is 459 g/mol. The van der Waals surface area contributed by atoms with Gasteiger partial charge in [0.05, 0.1) is 25.4 Å². The number of rotatable bonds is 9. The second kappa shape index (κ2) is 11.5. The second-order valence-corrected chi connectivity index (χ2v) is 7.15. The van der Waals surface area contributed by atoms with Gasteiger partial charge in [-0.2, -0.15) is 5.26 Å². The molecule has 0 fully saturated rings. The predicted octanol–water partition coefficient (Wildman–Crippen LogP) is 5.36. The van der Waals surface area contributed by atoms with Crippen molar-refractivity contribution < 1.29 is 23.8 Å². The smallest absolute Gasteiger partial charge is 0.338 e. The zero-order chi connectivity index (χ0) is 24.5. The monoisotopic (exact) mass is 458 g/mol. The largest absolute Gasteiger partial charge is 0.494 e. The maximum Gasteiger partial charge on any atom is 0.338 e. The van der Waals surface area contributed by atoms with E-state index < -0.39 is 11.9 Å². The lowest BCUT2D eigenvalue weighted by Gasteiger charge is -2.13. The number of nitrogens with zero attached hydrogens (tertiary/aromatic N) is 1. The molecule has 1 N–H and O–H groups in total. The number of fused-ring (bicyclic) bond motifs is 1. The predicted molar refractivity (Wildman–Crippen MR) is 131 cm³/mol. The van der Waals surface area contributed by atoms with Crippen molar-refractivity contribution >= 4 is 34.4 Å². The third-order valence-corrected chi connectivity index (χ3v) is 4.91. The van der Waals surface area contributed by atoms with Crippen LogP contribution in [-0.2, 0) is 9.53 Å². The first kappa shape index (κ1) is 24.3. The normalized spacial score (nSPS) is 10.9. The van der Waals surface area contributed by atoms with Crippen molar-refractivity contribution in [2.45, 2.75) is 20.8 Å². The number of carbonyl (C=O) groups is 2. The number of ether oxygens (including phenoxy) is 3. The maximum absolute atomic E-state index is 12.9. The summed E-state index contributed by atoms with van der Waals surface area (Å²) in [4.78, 5) is 24.7. The summed E-state index contributed by atoms with van der Waals surface area (Å²) >= 11 is 0. The molecule has 34 heavy (non-hydrogen) atoms. The molecule has 0 spiro atoms. The average Bonchev–Trinajstić information content (AvgIpc) is 2.84. The summed E-state index contributed by atoms with van der Waals surface area (Å²) in [5.41, 5.74) is 1.34. The van der Waals surface area contributed by atoms with Crippen molar-refractivity contribution in [3.63, 3.8) is 0 Å². The Morgan fingerprint density at radius 3 is 2.29 bits per heavy atom. The fourth-order valence-corrected chi connectivity index (χ4v) is 3.38. The van der Waals surface area contributed by atoms with Gasteiger partial charge < -0.3 is 19.5 Å². The maximum atomic E-state index is 12.9. The summed E-state index contributed by atoms with van der Waals surface area (Å²) in [5, 5.41) is 14.2. The molecule has 0 saturated heterocycles. The molecule has 0 bridgehead atoms. The topological polar surface area (TPSA) is 97.7 Å². The molecule has 3 aromatic carbocycles. The highest BCUT2D eigenvalue weighted by atomic mass is 16.5. The minimum absolute atomic E-state index is 0.0928. The fraction of sp³-hybridized carbons (Fsp3) is 0.222. The van der Waals surface area contributed by atoms with Crippen LogP contribution in [0.3, 0.4) is 0 Å². The van der Waals surface area contributed by atoms with Gasteiger partial charge in [-0.25, -0.2) is 4.79 Å². The fourth-order valence-electron chi connectivity index (χ4n) is 3.38. The standard InChI is InChI=1S/C27H26N2O5/c1-4-32-22-13-9-18-10-14-25(33-5-2)24(23(18)16-22)15-20(17-28)26(30)29-21-11-7-19(8-12-21)27(31)34-6-3/h7-16H,4-6H2,1-3H3,(H,29,30)/b20-15+. The van der Waals surface area contributed by atoms with Gasteiger partial charge in [0.1, 0.15) is 23.1 Å². The summed E-state index contributed by atoms with van der Waals surface area (Å²) in [7, 11) is 0. The number of hydrogen-bond acceptors (Lipinski definition) is 6. The summed E-state index contributed by atoms with van der Waals surface area (Å²) in [5.74, 6) is 0.224.